The van der Waals surface area contributed by atoms with Crippen molar-refractivity contribution in [2.24, 2.45) is 5.92 Å². The molecule has 0 heterocycles. The smallest absolute Gasteiger partial charge is 0.0656 e. The van der Waals surface area contributed by atoms with Crippen LogP contribution in [0.15, 0.2) is 24.3 Å². The van der Waals surface area contributed by atoms with E-state index < -0.39 is 0 Å². The van der Waals surface area contributed by atoms with Crippen LogP contribution in [0.5, 0.6) is 0 Å². The van der Waals surface area contributed by atoms with Crippen LogP contribution in [0.3, 0.4) is 0 Å². The molecule has 0 fully saturated rings. The Kier molecular flexibility index (Phi) is 2.88. The van der Waals surface area contributed by atoms with Gasteiger partial charge in [-0.05, 0) is 25.8 Å². The summed E-state index contributed by atoms with van der Waals surface area (Å²) in [6.45, 7) is 4.01. The van der Waals surface area contributed by atoms with Gasteiger partial charge in [0.15, 0.2) is 0 Å². The summed E-state index contributed by atoms with van der Waals surface area (Å²) < 4.78 is 0. The van der Waals surface area contributed by atoms with Crippen molar-refractivity contribution in [2.45, 2.75) is 20.3 Å². The van der Waals surface area contributed by atoms with Gasteiger partial charge in [0.25, 0.3) is 0 Å². The van der Waals surface area contributed by atoms with Crippen molar-refractivity contribution >= 4 is 0 Å². The number of nitrogens with zero attached hydrogens (tertiary/aromatic N) is 1. The molecule has 62 valence electrons. The molecule has 0 spiro atoms. The molecule has 0 bridgehead atoms. The van der Waals surface area contributed by atoms with Crippen molar-refractivity contribution in [3.8, 4) is 6.07 Å². The van der Waals surface area contributed by atoms with Crippen LogP contribution in [0.4, 0.5) is 0 Å². The van der Waals surface area contributed by atoms with E-state index >= 15 is 0 Å². The van der Waals surface area contributed by atoms with Gasteiger partial charge in [-0.3, -0.25) is 0 Å². The molecule has 1 aromatic rings. The molecule has 0 saturated carbocycles. The highest BCUT2D eigenvalue weighted by molar-refractivity contribution is 5.22. The van der Waals surface area contributed by atoms with Crippen LogP contribution in [0.25, 0.3) is 0 Å². The minimum absolute atomic E-state index is 0.118. The van der Waals surface area contributed by atoms with Gasteiger partial charge in [-0.25, -0.2) is 0 Å². The Morgan fingerprint density at radius 1 is 1.33 bits per heavy atom. The number of hydrogen-bond acceptors (Lipinski definition) is 1. The lowest BCUT2D eigenvalue weighted by atomic mass is 10.0. The topological polar surface area (TPSA) is 23.8 Å². The second-order valence-corrected chi connectivity index (χ2v) is 3.22. The Morgan fingerprint density at radius 3 is 2.42 bits per heavy atom. The van der Waals surface area contributed by atoms with Gasteiger partial charge in [-0.15, -0.1) is 0 Å². The van der Waals surface area contributed by atoms with Gasteiger partial charge in [0, 0.05) is 5.92 Å². The fraction of sp³-hybridized carbons (Fsp3) is 0.364. The second kappa shape index (κ2) is 3.92. The summed E-state index contributed by atoms with van der Waals surface area (Å²) in [6.07, 6.45) is 0.858. The fourth-order valence-corrected chi connectivity index (χ4v) is 1.12. The zero-order valence-corrected chi connectivity index (χ0v) is 7.54. The van der Waals surface area contributed by atoms with Crippen LogP contribution in [0.1, 0.15) is 18.1 Å². The predicted octanol–water partition coefficient (Wildman–Crippen LogP) is 2.70. The summed E-state index contributed by atoms with van der Waals surface area (Å²) in [5, 5.41) is 8.60. The third-order valence-electron chi connectivity index (χ3n) is 1.88. The summed E-state index contributed by atoms with van der Waals surface area (Å²) in [4.78, 5) is 0. The molecule has 1 heteroatoms. The molecule has 12 heavy (non-hydrogen) atoms. The van der Waals surface area contributed by atoms with Gasteiger partial charge in [-0.2, -0.15) is 5.26 Å². The van der Waals surface area contributed by atoms with Crippen LogP contribution >= 0.6 is 0 Å². The molecule has 1 aromatic carbocycles. The van der Waals surface area contributed by atoms with E-state index in [0.29, 0.717) is 0 Å². The standard InChI is InChI=1S/C11H13N/c1-9-3-5-11(6-4-9)7-10(2)8-12/h3-6,10H,7H2,1-2H3/t10-/m1/s1. The van der Waals surface area contributed by atoms with Crippen molar-refractivity contribution in [3.63, 3.8) is 0 Å². The van der Waals surface area contributed by atoms with E-state index in [4.69, 9.17) is 5.26 Å². The van der Waals surface area contributed by atoms with Crippen molar-refractivity contribution in [1.82, 2.24) is 0 Å². The zero-order chi connectivity index (χ0) is 8.97. The average molecular weight is 159 g/mol. The van der Waals surface area contributed by atoms with Gasteiger partial charge in [0.05, 0.1) is 6.07 Å². The van der Waals surface area contributed by atoms with Gasteiger partial charge in [0.1, 0.15) is 0 Å². The number of hydrogen-bond donors (Lipinski definition) is 0. The van der Waals surface area contributed by atoms with Crippen LogP contribution in [-0.4, -0.2) is 0 Å². The van der Waals surface area contributed by atoms with E-state index in [2.05, 4.69) is 37.3 Å². The lowest BCUT2D eigenvalue weighted by Gasteiger charge is -2.02. The van der Waals surface area contributed by atoms with E-state index in [1.54, 1.807) is 0 Å². The number of aryl methyl sites for hydroxylation is 1. The third kappa shape index (κ3) is 2.39. The molecule has 1 atom stereocenters. The molecule has 1 rings (SSSR count). The van der Waals surface area contributed by atoms with Gasteiger partial charge in [0.2, 0.25) is 0 Å². The second-order valence-electron chi connectivity index (χ2n) is 3.22. The molecule has 0 radical (unpaired) electrons. The first kappa shape index (κ1) is 8.80. The molecule has 0 aromatic heterocycles. The molecule has 0 N–H and O–H groups in total. The van der Waals surface area contributed by atoms with Crippen LogP contribution in [0.2, 0.25) is 0 Å². The van der Waals surface area contributed by atoms with Gasteiger partial charge < -0.3 is 0 Å². The summed E-state index contributed by atoms with van der Waals surface area (Å²) in [7, 11) is 0. The Hall–Kier alpha value is -1.29. The highest BCUT2D eigenvalue weighted by Crippen LogP contribution is 2.08. The van der Waals surface area contributed by atoms with Crippen molar-refractivity contribution in [1.29, 1.82) is 5.26 Å². The normalized spacial score (nSPS) is 12.1. The van der Waals surface area contributed by atoms with E-state index in [1.165, 1.54) is 11.1 Å². The lowest BCUT2D eigenvalue weighted by molar-refractivity contribution is 0.739. The first-order chi connectivity index (χ1) is 5.72. The van der Waals surface area contributed by atoms with Gasteiger partial charge in [-0.1, -0.05) is 29.8 Å². The Bertz CT molecular complexity index is 279. The number of benzene rings is 1. The maximum Gasteiger partial charge on any atom is 0.0656 e. The largest absolute Gasteiger partial charge is 0.198 e. The fourth-order valence-electron chi connectivity index (χ4n) is 1.12. The summed E-state index contributed by atoms with van der Waals surface area (Å²) >= 11 is 0. The maximum absolute atomic E-state index is 8.60. The quantitative estimate of drug-likeness (QED) is 0.650. The summed E-state index contributed by atoms with van der Waals surface area (Å²) in [6, 6.07) is 10.6. The number of rotatable bonds is 2. The molecular weight excluding hydrogens is 146 g/mol. The monoisotopic (exact) mass is 159 g/mol. The first-order valence-electron chi connectivity index (χ1n) is 4.17. The number of nitriles is 1. The SMILES string of the molecule is Cc1ccc(C[C@@H](C)C#N)cc1. The zero-order valence-electron chi connectivity index (χ0n) is 7.54. The minimum Gasteiger partial charge on any atom is -0.198 e. The highest BCUT2D eigenvalue weighted by Gasteiger charge is 2.00. The lowest BCUT2D eigenvalue weighted by Crippen LogP contribution is -1.95. The van der Waals surface area contributed by atoms with Crippen molar-refractivity contribution in [2.75, 3.05) is 0 Å². The van der Waals surface area contributed by atoms with Gasteiger partial charge >= 0.3 is 0 Å². The van der Waals surface area contributed by atoms with E-state index in [-0.39, 0.29) is 5.92 Å². The van der Waals surface area contributed by atoms with Crippen molar-refractivity contribution < 1.29 is 0 Å². The van der Waals surface area contributed by atoms with Crippen LogP contribution < -0.4 is 0 Å². The van der Waals surface area contributed by atoms with E-state index in [9.17, 15) is 0 Å². The highest BCUT2D eigenvalue weighted by atomic mass is 14.3. The van der Waals surface area contributed by atoms with E-state index in [1.807, 2.05) is 6.92 Å². The molecule has 0 aliphatic heterocycles. The molecule has 0 aliphatic carbocycles. The predicted molar refractivity (Wildman–Crippen MR) is 49.7 cm³/mol. The molecule has 0 amide bonds. The Balaban J connectivity index is 2.66. The van der Waals surface area contributed by atoms with Crippen LogP contribution in [-0.2, 0) is 6.42 Å². The molecule has 1 nitrogen and oxygen atoms in total. The van der Waals surface area contributed by atoms with E-state index in [0.717, 1.165) is 6.42 Å². The summed E-state index contributed by atoms with van der Waals surface area (Å²) in [5.74, 6) is 0.118. The maximum atomic E-state index is 8.60. The molecular formula is C11H13N. The van der Waals surface area contributed by atoms with Crippen LogP contribution in [0, 0.1) is 24.2 Å². The first-order valence-corrected chi connectivity index (χ1v) is 4.17. The Labute approximate surface area is 73.6 Å². The molecule has 0 unspecified atom stereocenters. The summed E-state index contributed by atoms with van der Waals surface area (Å²) in [5.41, 5.74) is 2.51. The third-order valence-corrected chi connectivity index (χ3v) is 1.88. The Morgan fingerprint density at radius 2 is 1.92 bits per heavy atom. The molecule has 0 saturated heterocycles. The molecule has 0 aliphatic rings. The average Bonchev–Trinajstić information content (AvgIpc) is 2.09. The van der Waals surface area contributed by atoms with Crippen molar-refractivity contribution in [3.05, 3.63) is 35.4 Å². The minimum atomic E-state index is 0.118.